The number of carbonyl (C=O) groups is 2. The lowest BCUT2D eigenvalue weighted by Crippen LogP contribution is -2.62. The SMILES string of the molecule is CCC(C)(NC(=O)C1(N)CCOC1)C(=O)O. The molecule has 0 spiro atoms. The second-order valence-electron chi connectivity index (χ2n) is 4.40. The van der Waals surface area contributed by atoms with E-state index in [1.165, 1.54) is 6.92 Å². The maximum Gasteiger partial charge on any atom is 0.329 e. The summed E-state index contributed by atoms with van der Waals surface area (Å²) >= 11 is 0. The number of rotatable bonds is 4. The van der Waals surface area contributed by atoms with Crippen LogP contribution in [0.15, 0.2) is 0 Å². The lowest BCUT2D eigenvalue weighted by atomic mass is 9.94. The van der Waals surface area contributed by atoms with Crippen LogP contribution in [0.25, 0.3) is 0 Å². The van der Waals surface area contributed by atoms with E-state index in [9.17, 15) is 9.59 Å². The van der Waals surface area contributed by atoms with Gasteiger partial charge in [-0.3, -0.25) is 4.79 Å². The van der Waals surface area contributed by atoms with Gasteiger partial charge in [0.05, 0.1) is 6.61 Å². The Morgan fingerprint density at radius 2 is 2.25 bits per heavy atom. The zero-order chi connectivity index (χ0) is 12.4. The van der Waals surface area contributed by atoms with E-state index < -0.39 is 23.0 Å². The van der Waals surface area contributed by atoms with Crippen molar-refractivity contribution < 1.29 is 19.4 Å². The van der Waals surface area contributed by atoms with E-state index in [4.69, 9.17) is 15.6 Å². The summed E-state index contributed by atoms with van der Waals surface area (Å²) in [7, 11) is 0. The predicted molar refractivity (Wildman–Crippen MR) is 56.8 cm³/mol. The van der Waals surface area contributed by atoms with Gasteiger partial charge in [-0.25, -0.2) is 4.79 Å². The summed E-state index contributed by atoms with van der Waals surface area (Å²) in [6.45, 7) is 3.73. The Morgan fingerprint density at radius 3 is 2.62 bits per heavy atom. The minimum Gasteiger partial charge on any atom is -0.480 e. The average Bonchev–Trinajstić information content (AvgIpc) is 2.66. The highest BCUT2D eigenvalue weighted by molar-refractivity contribution is 5.92. The van der Waals surface area contributed by atoms with E-state index in [0.717, 1.165) is 0 Å². The molecule has 1 aliphatic rings. The van der Waals surface area contributed by atoms with Gasteiger partial charge in [0.1, 0.15) is 11.1 Å². The van der Waals surface area contributed by atoms with Crippen LogP contribution in [0.4, 0.5) is 0 Å². The maximum absolute atomic E-state index is 11.9. The minimum absolute atomic E-state index is 0.137. The molecule has 4 N–H and O–H groups in total. The molecule has 0 aromatic carbocycles. The summed E-state index contributed by atoms with van der Waals surface area (Å²) in [4.78, 5) is 22.9. The molecule has 1 aliphatic heterocycles. The van der Waals surface area contributed by atoms with E-state index in [1.54, 1.807) is 6.92 Å². The van der Waals surface area contributed by atoms with Crippen molar-refractivity contribution in [3.05, 3.63) is 0 Å². The first-order valence-electron chi connectivity index (χ1n) is 5.27. The van der Waals surface area contributed by atoms with Gasteiger partial charge in [-0.15, -0.1) is 0 Å². The van der Waals surface area contributed by atoms with Gasteiger partial charge in [-0.1, -0.05) is 6.92 Å². The second-order valence-corrected chi connectivity index (χ2v) is 4.40. The number of amides is 1. The van der Waals surface area contributed by atoms with Crippen LogP contribution in [0.1, 0.15) is 26.7 Å². The summed E-state index contributed by atoms with van der Waals surface area (Å²) in [6.07, 6.45) is 0.712. The molecule has 1 heterocycles. The molecule has 1 fully saturated rings. The van der Waals surface area contributed by atoms with E-state index in [-0.39, 0.29) is 6.61 Å². The Kier molecular flexibility index (Phi) is 3.54. The molecule has 16 heavy (non-hydrogen) atoms. The minimum atomic E-state index is -1.27. The lowest BCUT2D eigenvalue weighted by Gasteiger charge is -2.29. The van der Waals surface area contributed by atoms with Crippen LogP contribution in [0, 0.1) is 0 Å². The van der Waals surface area contributed by atoms with Gasteiger partial charge in [-0.2, -0.15) is 0 Å². The summed E-state index contributed by atoms with van der Waals surface area (Å²) < 4.78 is 5.06. The van der Waals surface area contributed by atoms with Crippen LogP contribution < -0.4 is 11.1 Å². The third kappa shape index (κ3) is 2.33. The first kappa shape index (κ1) is 12.9. The smallest absolute Gasteiger partial charge is 0.329 e. The molecule has 1 rings (SSSR count). The lowest BCUT2D eigenvalue weighted by molar-refractivity contribution is -0.148. The van der Waals surface area contributed by atoms with E-state index in [0.29, 0.717) is 19.4 Å². The molecule has 0 aromatic rings. The molecular weight excluding hydrogens is 212 g/mol. The summed E-state index contributed by atoms with van der Waals surface area (Å²) in [6, 6.07) is 0. The third-order valence-corrected chi connectivity index (χ3v) is 3.07. The van der Waals surface area contributed by atoms with Crippen molar-refractivity contribution >= 4 is 11.9 Å². The molecule has 92 valence electrons. The number of hydrogen-bond donors (Lipinski definition) is 3. The highest BCUT2D eigenvalue weighted by atomic mass is 16.5. The monoisotopic (exact) mass is 230 g/mol. The van der Waals surface area contributed by atoms with Gasteiger partial charge in [0, 0.05) is 6.61 Å². The molecule has 6 nitrogen and oxygen atoms in total. The van der Waals surface area contributed by atoms with Gasteiger partial charge in [0.2, 0.25) is 5.91 Å². The molecule has 0 aromatic heterocycles. The van der Waals surface area contributed by atoms with Crippen LogP contribution in [-0.2, 0) is 14.3 Å². The number of carboxylic acid groups (broad SMARTS) is 1. The van der Waals surface area contributed by atoms with Gasteiger partial charge in [0.25, 0.3) is 0 Å². The average molecular weight is 230 g/mol. The number of carbonyl (C=O) groups excluding carboxylic acids is 1. The molecule has 6 heteroatoms. The van der Waals surface area contributed by atoms with Gasteiger partial charge >= 0.3 is 5.97 Å². The molecule has 2 unspecified atom stereocenters. The van der Waals surface area contributed by atoms with Crippen molar-refractivity contribution in [2.24, 2.45) is 5.73 Å². The van der Waals surface area contributed by atoms with Crippen molar-refractivity contribution in [3.63, 3.8) is 0 Å². The standard InChI is InChI=1S/C10H18N2O4/c1-3-9(2,8(14)15)12-7(13)10(11)4-5-16-6-10/h3-6,11H2,1-2H3,(H,12,13)(H,14,15). The molecule has 0 aliphatic carbocycles. The van der Waals surface area contributed by atoms with Crippen LogP contribution in [0.2, 0.25) is 0 Å². The number of ether oxygens (including phenoxy) is 1. The predicted octanol–water partition coefficient (Wildman–Crippen LogP) is -0.526. The fraction of sp³-hybridized carbons (Fsp3) is 0.800. The highest BCUT2D eigenvalue weighted by Gasteiger charge is 2.43. The van der Waals surface area contributed by atoms with Gasteiger partial charge in [-0.05, 0) is 19.8 Å². The molecule has 0 saturated carbocycles. The molecule has 1 amide bonds. The first-order chi connectivity index (χ1) is 7.34. The van der Waals surface area contributed by atoms with Crippen LogP contribution in [-0.4, -0.2) is 41.3 Å². The van der Waals surface area contributed by atoms with Crippen molar-refractivity contribution in [2.75, 3.05) is 13.2 Å². The quantitative estimate of drug-likeness (QED) is 0.603. The largest absolute Gasteiger partial charge is 0.480 e. The zero-order valence-corrected chi connectivity index (χ0v) is 9.58. The highest BCUT2D eigenvalue weighted by Crippen LogP contribution is 2.18. The molecule has 0 radical (unpaired) electrons. The Balaban J connectivity index is 2.73. The second kappa shape index (κ2) is 4.39. The number of hydrogen-bond acceptors (Lipinski definition) is 4. The normalized spacial score (nSPS) is 28.4. The number of nitrogens with two attached hydrogens (primary N) is 1. The van der Waals surface area contributed by atoms with Crippen LogP contribution >= 0.6 is 0 Å². The van der Waals surface area contributed by atoms with Crippen molar-refractivity contribution in [1.29, 1.82) is 0 Å². The molecule has 0 bridgehead atoms. The summed E-state index contributed by atoms with van der Waals surface area (Å²) in [5.41, 5.74) is 3.47. The van der Waals surface area contributed by atoms with Gasteiger partial charge < -0.3 is 20.9 Å². The van der Waals surface area contributed by atoms with Crippen LogP contribution in [0.5, 0.6) is 0 Å². The Bertz CT molecular complexity index is 299. The number of nitrogens with one attached hydrogen (secondary N) is 1. The molecular formula is C10H18N2O4. The topological polar surface area (TPSA) is 102 Å². The van der Waals surface area contributed by atoms with Crippen molar-refractivity contribution in [3.8, 4) is 0 Å². The van der Waals surface area contributed by atoms with Crippen molar-refractivity contribution in [1.82, 2.24) is 5.32 Å². The summed E-state index contributed by atoms with van der Waals surface area (Å²) in [5, 5.41) is 11.5. The van der Waals surface area contributed by atoms with E-state index in [1.807, 2.05) is 0 Å². The molecule has 2 atom stereocenters. The van der Waals surface area contributed by atoms with E-state index >= 15 is 0 Å². The Morgan fingerprint density at radius 1 is 1.62 bits per heavy atom. The van der Waals surface area contributed by atoms with Crippen molar-refractivity contribution in [2.45, 2.75) is 37.8 Å². The Labute approximate surface area is 94.1 Å². The first-order valence-corrected chi connectivity index (χ1v) is 5.27. The zero-order valence-electron chi connectivity index (χ0n) is 9.58. The van der Waals surface area contributed by atoms with Crippen LogP contribution in [0.3, 0.4) is 0 Å². The number of aliphatic carboxylic acids is 1. The fourth-order valence-electron chi connectivity index (χ4n) is 1.43. The summed E-state index contributed by atoms with van der Waals surface area (Å²) in [5.74, 6) is -1.53. The molecule has 1 saturated heterocycles. The van der Waals surface area contributed by atoms with Gasteiger partial charge in [0.15, 0.2) is 0 Å². The maximum atomic E-state index is 11.9. The third-order valence-electron chi connectivity index (χ3n) is 3.07. The number of carboxylic acids is 1. The fourth-order valence-corrected chi connectivity index (χ4v) is 1.43. The van der Waals surface area contributed by atoms with E-state index in [2.05, 4.69) is 5.32 Å². The Hall–Kier alpha value is -1.14.